The molecule has 5 heteroatoms. The Hall–Kier alpha value is -2.53. The molecule has 0 saturated carbocycles. The van der Waals surface area contributed by atoms with Gasteiger partial charge < -0.3 is 10.1 Å². The van der Waals surface area contributed by atoms with E-state index >= 15 is 0 Å². The van der Waals surface area contributed by atoms with Gasteiger partial charge in [0.05, 0.1) is 17.5 Å². The van der Waals surface area contributed by atoms with Crippen molar-refractivity contribution in [3.05, 3.63) is 71.2 Å². The summed E-state index contributed by atoms with van der Waals surface area (Å²) in [6, 6.07) is 8.84. The zero-order chi connectivity index (χ0) is 20.5. The van der Waals surface area contributed by atoms with E-state index in [1.807, 2.05) is 31.3 Å². The third-order valence-electron chi connectivity index (χ3n) is 4.77. The molecule has 0 amide bonds. The van der Waals surface area contributed by atoms with Gasteiger partial charge in [0.2, 0.25) is 0 Å². The molecule has 0 aliphatic heterocycles. The smallest absolute Gasteiger partial charge is 0.141 e. The van der Waals surface area contributed by atoms with Crippen molar-refractivity contribution in [3.63, 3.8) is 0 Å². The lowest BCUT2D eigenvalue weighted by atomic mass is 9.89. The Balaban J connectivity index is 1.80. The minimum Gasteiger partial charge on any atom is -0.385 e. The predicted octanol–water partition coefficient (Wildman–Crippen LogP) is 4.96. The number of rotatable bonds is 5. The monoisotopic (exact) mass is 381 g/mol. The summed E-state index contributed by atoms with van der Waals surface area (Å²) in [7, 11) is 0. The van der Waals surface area contributed by atoms with Crippen LogP contribution >= 0.6 is 0 Å². The van der Waals surface area contributed by atoms with Crippen LogP contribution in [0.5, 0.6) is 0 Å². The van der Waals surface area contributed by atoms with E-state index in [4.69, 9.17) is 0 Å². The molecule has 2 heterocycles. The molecule has 148 valence electrons. The van der Waals surface area contributed by atoms with Crippen LogP contribution in [0.4, 0.5) is 4.39 Å². The van der Waals surface area contributed by atoms with Gasteiger partial charge in [0.25, 0.3) is 0 Å². The molecule has 28 heavy (non-hydrogen) atoms. The van der Waals surface area contributed by atoms with Crippen LogP contribution in [0.1, 0.15) is 50.3 Å². The maximum atomic E-state index is 13.1. The standard InChI is InChI=1S/C23H28FN3O/c1-15-10-16(6-8-19(15)20-9-7-17(24)13-25-20)23(5,28)12-21-26-14-18(27-21)11-22(2,3)4/h6-10,13-14,28H,11-12H2,1-5H3,(H,26,27). The van der Waals surface area contributed by atoms with Crippen LogP contribution < -0.4 is 0 Å². The highest BCUT2D eigenvalue weighted by atomic mass is 19.1. The van der Waals surface area contributed by atoms with Gasteiger partial charge >= 0.3 is 0 Å². The number of halogens is 1. The summed E-state index contributed by atoms with van der Waals surface area (Å²) >= 11 is 0. The highest BCUT2D eigenvalue weighted by Gasteiger charge is 2.26. The number of H-pyrrole nitrogens is 1. The molecule has 4 nitrogen and oxygen atoms in total. The Bertz CT molecular complexity index is 953. The van der Waals surface area contributed by atoms with Crippen molar-refractivity contribution in [2.75, 3.05) is 0 Å². The fourth-order valence-corrected chi connectivity index (χ4v) is 3.41. The number of hydrogen-bond acceptors (Lipinski definition) is 3. The van der Waals surface area contributed by atoms with Crippen molar-refractivity contribution in [2.24, 2.45) is 5.41 Å². The maximum absolute atomic E-state index is 13.1. The van der Waals surface area contributed by atoms with Crippen LogP contribution in [0.3, 0.4) is 0 Å². The van der Waals surface area contributed by atoms with Crippen molar-refractivity contribution in [3.8, 4) is 11.3 Å². The SMILES string of the molecule is Cc1cc(C(C)(O)Cc2ncc(CC(C)(C)C)[nH]2)ccc1-c1ccc(F)cn1. The number of aromatic amines is 1. The summed E-state index contributed by atoms with van der Waals surface area (Å²) < 4.78 is 13.1. The Morgan fingerprint density at radius 3 is 2.36 bits per heavy atom. The normalized spacial score (nSPS) is 14.1. The molecule has 1 unspecified atom stereocenters. The molecule has 0 aliphatic carbocycles. The van der Waals surface area contributed by atoms with E-state index in [1.54, 1.807) is 13.0 Å². The Morgan fingerprint density at radius 1 is 1.00 bits per heavy atom. The van der Waals surface area contributed by atoms with Crippen LogP contribution in [-0.2, 0) is 18.4 Å². The number of aromatic nitrogens is 3. The largest absolute Gasteiger partial charge is 0.385 e. The van der Waals surface area contributed by atoms with E-state index in [0.29, 0.717) is 12.1 Å². The first-order chi connectivity index (χ1) is 13.0. The number of imidazole rings is 1. The van der Waals surface area contributed by atoms with Crippen molar-refractivity contribution >= 4 is 0 Å². The average molecular weight is 381 g/mol. The molecular formula is C23H28FN3O. The van der Waals surface area contributed by atoms with Gasteiger partial charge in [0.1, 0.15) is 11.6 Å². The number of aryl methyl sites for hydroxylation is 1. The summed E-state index contributed by atoms with van der Waals surface area (Å²) in [5, 5.41) is 11.1. The Morgan fingerprint density at radius 2 is 1.75 bits per heavy atom. The summed E-state index contributed by atoms with van der Waals surface area (Å²) in [6.45, 7) is 10.3. The van der Waals surface area contributed by atoms with Gasteiger partial charge in [-0.2, -0.15) is 0 Å². The van der Waals surface area contributed by atoms with E-state index in [9.17, 15) is 9.50 Å². The topological polar surface area (TPSA) is 61.8 Å². The van der Waals surface area contributed by atoms with E-state index in [1.165, 1.54) is 12.3 Å². The molecule has 0 spiro atoms. The van der Waals surface area contributed by atoms with Gasteiger partial charge in [0.15, 0.2) is 0 Å². The van der Waals surface area contributed by atoms with E-state index in [-0.39, 0.29) is 11.2 Å². The van der Waals surface area contributed by atoms with E-state index in [2.05, 4.69) is 35.7 Å². The van der Waals surface area contributed by atoms with Crippen LogP contribution in [0.2, 0.25) is 0 Å². The number of nitrogens with one attached hydrogen (secondary N) is 1. The van der Waals surface area contributed by atoms with Crippen molar-refractivity contribution < 1.29 is 9.50 Å². The van der Waals surface area contributed by atoms with Crippen LogP contribution in [-0.4, -0.2) is 20.1 Å². The van der Waals surface area contributed by atoms with E-state index in [0.717, 1.165) is 34.6 Å². The summed E-state index contributed by atoms with van der Waals surface area (Å²) in [5.74, 6) is 0.413. The molecule has 2 aromatic heterocycles. The second-order valence-corrected chi connectivity index (χ2v) is 8.93. The molecule has 1 aromatic carbocycles. The quantitative estimate of drug-likeness (QED) is 0.657. The fourth-order valence-electron chi connectivity index (χ4n) is 3.41. The molecule has 2 N–H and O–H groups in total. The van der Waals surface area contributed by atoms with Crippen molar-refractivity contribution in [1.82, 2.24) is 15.0 Å². The number of pyridine rings is 1. The van der Waals surface area contributed by atoms with Crippen LogP contribution in [0.15, 0.2) is 42.7 Å². The molecule has 0 aliphatic rings. The van der Waals surface area contributed by atoms with Crippen LogP contribution in [0.25, 0.3) is 11.3 Å². The molecule has 0 bridgehead atoms. The molecule has 0 fully saturated rings. The highest BCUT2D eigenvalue weighted by Crippen LogP contribution is 2.30. The van der Waals surface area contributed by atoms with Gasteiger partial charge in [-0.15, -0.1) is 0 Å². The summed E-state index contributed by atoms with van der Waals surface area (Å²) in [4.78, 5) is 11.9. The van der Waals surface area contributed by atoms with Crippen molar-refractivity contribution in [2.45, 2.75) is 53.1 Å². The lowest BCUT2D eigenvalue weighted by molar-refractivity contribution is 0.0556. The molecule has 0 saturated heterocycles. The Kier molecular flexibility index (Phi) is 5.39. The number of nitrogens with zero attached hydrogens (tertiary/aromatic N) is 2. The van der Waals surface area contributed by atoms with Gasteiger partial charge in [-0.3, -0.25) is 4.98 Å². The van der Waals surface area contributed by atoms with Gasteiger partial charge in [-0.1, -0.05) is 39.0 Å². The third-order valence-corrected chi connectivity index (χ3v) is 4.77. The first-order valence-electron chi connectivity index (χ1n) is 9.52. The minimum absolute atomic E-state index is 0.174. The fraction of sp³-hybridized carbons (Fsp3) is 0.391. The molecule has 1 atom stereocenters. The predicted molar refractivity (Wildman–Crippen MR) is 109 cm³/mol. The molecule has 3 rings (SSSR count). The zero-order valence-corrected chi connectivity index (χ0v) is 17.2. The van der Waals surface area contributed by atoms with Gasteiger partial charge in [-0.25, -0.2) is 9.37 Å². The molecular weight excluding hydrogens is 353 g/mol. The summed E-state index contributed by atoms with van der Waals surface area (Å²) in [5.41, 5.74) is 3.61. The average Bonchev–Trinajstić information content (AvgIpc) is 3.00. The number of benzene rings is 1. The lowest BCUT2D eigenvalue weighted by Gasteiger charge is -2.24. The van der Waals surface area contributed by atoms with Crippen molar-refractivity contribution in [1.29, 1.82) is 0 Å². The first kappa shape index (κ1) is 20.2. The van der Waals surface area contributed by atoms with Gasteiger partial charge in [0, 0.05) is 23.9 Å². The highest BCUT2D eigenvalue weighted by molar-refractivity contribution is 5.64. The zero-order valence-electron chi connectivity index (χ0n) is 17.2. The van der Waals surface area contributed by atoms with E-state index < -0.39 is 5.60 Å². The number of hydrogen-bond donors (Lipinski definition) is 2. The third kappa shape index (κ3) is 4.84. The number of aliphatic hydroxyl groups is 1. The molecule has 0 radical (unpaired) electrons. The second kappa shape index (κ2) is 7.47. The lowest BCUT2D eigenvalue weighted by Crippen LogP contribution is -2.25. The minimum atomic E-state index is -1.06. The first-order valence-corrected chi connectivity index (χ1v) is 9.52. The second-order valence-electron chi connectivity index (χ2n) is 8.93. The van der Waals surface area contributed by atoms with Crippen LogP contribution in [0, 0.1) is 18.2 Å². The molecule has 3 aromatic rings. The maximum Gasteiger partial charge on any atom is 0.141 e. The van der Waals surface area contributed by atoms with Gasteiger partial charge in [-0.05, 0) is 48.9 Å². The Labute approximate surface area is 165 Å². The summed E-state index contributed by atoms with van der Waals surface area (Å²) in [6.07, 6.45) is 4.36.